The molecular weight excluding hydrogens is 435 g/mol. The minimum Gasteiger partial charge on any atom is -0.318 e. The average molecular weight is 457 g/mol. The lowest BCUT2D eigenvalue weighted by molar-refractivity contribution is -0.123. The molecular formula is C27H21FN2O2S. The number of nitrogens with zero attached hydrogens (tertiary/aromatic N) is 2. The molecule has 0 spiro atoms. The van der Waals surface area contributed by atoms with Crippen LogP contribution in [0.15, 0.2) is 77.7 Å². The van der Waals surface area contributed by atoms with Crippen molar-refractivity contribution in [3.05, 3.63) is 106 Å². The van der Waals surface area contributed by atoms with Gasteiger partial charge in [0.25, 0.3) is 11.1 Å². The van der Waals surface area contributed by atoms with Crippen LogP contribution in [0.1, 0.15) is 22.5 Å². The number of imide groups is 1. The molecule has 0 saturated carbocycles. The second-order valence-electron chi connectivity index (χ2n) is 8.09. The number of aryl methyl sites for hydroxylation is 1. The third-order valence-electron chi connectivity index (χ3n) is 5.87. The van der Waals surface area contributed by atoms with Gasteiger partial charge in [-0.05, 0) is 90.0 Å². The van der Waals surface area contributed by atoms with Gasteiger partial charge in [-0.3, -0.25) is 14.5 Å². The molecule has 0 unspecified atom stereocenters. The fraction of sp³-hybridized carbons (Fsp3) is 0.111. The minimum absolute atomic E-state index is 0.238. The Morgan fingerprint density at radius 3 is 2.39 bits per heavy atom. The summed E-state index contributed by atoms with van der Waals surface area (Å²) in [6.45, 7) is 4.14. The highest BCUT2D eigenvalue weighted by Crippen LogP contribution is 2.35. The van der Waals surface area contributed by atoms with Gasteiger partial charge in [-0.2, -0.15) is 0 Å². The maximum absolute atomic E-state index is 13.3. The summed E-state index contributed by atoms with van der Waals surface area (Å²) >= 11 is 0.961. The maximum Gasteiger partial charge on any atom is 0.293 e. The van der Waals surface area contributed by atoms with Crippen molar-refractivity contribution in [1.29, 1.82) is 0 Å². The molecule has 0 aliphatic carbocycles. The summed E-state index contributed by atoms with van der Waals surface area (Å²) in [6, 6.07) is 22.2. The van der Waals surface area contributed by atoms with E-state index in [9.17, 15) is 14.0 Å². The summed E-state index contributed by atoms with van der Waals surface area (Å²) in [4.78, 5) is 27.4. The van der Waals surface area contributed by atoms with Crippen molar-refractivity contribution < 1.29 is 14.0 Å². The normalized spacial score (nSPS) is 15.2. The lowest BCUT2D eigenvalue weighted by Gasteiger charge is -2.13. The van der Waals surface area contributed by atoms with Gasteiger partial charge in [0.15, 0.2) is 0 Å². The van der Waals surface area contributed by atoms with Crippen LogP contribution in [0.3, 0.4) is 0 Å². The summed E-state index contributed by atoms with van der Waals surface area (Å²) in [5.41, 5.74) is 4.48. The zero-order valence-corrected chi connectivity index (χ0v) is 19.0. The van der Waals surface area contributed by atoms with E-state index in [0.29, 0.717) is 4.91 Å². The molecule has 33 heavy (non-hydrogen) atoms. The Balaban J connectivity index is 1.42. The molecule has 0 radical (unpaired) electrons. The second kappa shape index (κ2) is 8.37. The number of halogens is 1. The second-order valence-corrected chi connectivity index (χ2v) is 9.08. The molecule has 4 nitrogen and oxygen atoms in total. The number of carbonyl (C=O) groups is 2. The van der Waals surface area contributed by atoms with E-state index >= 15 is 0 Å². The highest BCUT2D eigenvalue weighted by molar-refractivity contribution is 8.18. The van der Waals surface area contributed by atoms with Crippen LogP contribution in [0, 0.1) is 19.7 Å². The van der Waals surface area contributed by atoms with E-state index in [-0.39, 0.29) is 23.5 Å². The number of hydrogen-bond acceptors (Lipinski definition) is 3. The van der Waals surface area contributed by atoms with Crippen molar-refractivity contribution in [3.8, 4) is 5.69 Å². The van der Waals surface area contributed by atoms with Crippen LogP contribution in [0.4, 0.5) is 9.18 Å². The zero-order valence-electron chi connectivity index (χ0n) is 18.2. The van der Waals surface area contributed by atoms with Crippen molar-refractivity contribution >= 4 is 39.8 Å². The van der Waals surface area contributed by atoms with Crippen LogP contribution < -0.4 is 0 Å². The van der Waals surface area contributed by atoms with Gasteiger partial charge in [0, 0.05) is 17.1 Å². The van der Waals surface area contributed by atoms with Crippen molar-refractivity contribution in [1.82, 2.24) is 9.47 Å². The number of benzene rings is 3. The third-order valence-corrected chi connectivity index (χ3v) is 6.78. The number of rotatable bonds is 4. The third kappa shape index (κ3) is 3.98. The molecule has 2 amide bonds. The number of amides is 2. The van der Waals surface area contributed by atoms with E-state index < -0.39 is 0 Å². The number of fused-ring (bicyclic) bond motifs is 1. The van der Waals surface area contributed by atoms with Gasteiger partial charge in [-0.25, -0.2) is 4.39 Å². The van der Waals surface area contributed by atoms with E-state index in [0.717, 1.165) is 50.7 Å². The van der Waals surface area contributed by atoms with Gasteiger partial charge in [-0.15, -0.1) is 0 Å². The predicted octanol–water partition coefficient (Wildman–Crippen LogP) is 6.62. The van der Waals surface area contributed by atoms with Gasteiger partial charge in [0.2, 0.25) is 0 Å². The van der Waals surface area contributed by atoms with Gasteiger partial charge >= 0.3 is 0 Å². The first kappa shape index (κ1) is 21.2. The largest absolute Gasteiger partial charge is 0.318 e. The fourth-order valence-corrected chi connectivity index (χ4v) is 5.05. The van der Waals surface area contributed by atoms with E-state index in [4.69, 9.17) is 0 Å². The molecule has 4 aromatic rings. The SMILES string of the molecule is Cc1cc(/C=C2\SC(=O)N(Cc3ccc4ccccc4c3)C2=O)c(C)n1-c1ccc(F)cc1. The van der Waals surface area contributed by atoms with Gasteiger partial charge in [0.05, 0.1) is 11.4 Å². The van der Waals surface area contributed by atoms with E-state index in [1.54, 1.807) is 18.2 Å². The average Bonchev–Trinajstić information content (AvgIpc) is 3.23. The Kier molecular flexibility index (Phi) is 5.38. The first-order valence-electron chi connectivity index (χ1n) is 10.6. The first-order chi connectivity index (χ1) is 15.9. The van der Waals surface area contributed by atoms with E-state index in [1.165, 1.54) is 17.0 Å². The van der Waals surface area contributed by atoms with Gasteiger partial charge in [0.1, 0.15) is 5.82 Å². The molecule has 1 saturated heterocycles. The van der Waals surface area contributed by atoms with Crippen molar-refractivity contribution in [2.45, 2.75) is 20.4 Å². The van der Waals surface area contributed by atoms with Crippen LogP contribution in [0.25, 0.3) is 22.5 Å². The molecule has 1 aliphatic heterocycles. The van der Waals surface area contributed by atoms with Crippen LogP contribution >= 0.6 is 11.8 Å². The monoisotopic (exact) mass is 456 g/mol. The molecule has 0 atom stereocenters. The lowest BCUT2D eigenvalue weighted by atomic mass is 10.1. The molecule has 1 aromatic heterocycles. The van der Waals surface area contributed by atoms with Crippen LogP contribution in [0.5, 0.6) is 0 Å². The number of carbonyl (C=O) groups excluding carboxylic acids is 2. The molecule has 0 bridgehead atoms. The Morgan fingerprint density at radius 2 is 1.64 bits per heavy atom. The summed E-state index contributed by atoms with van der Waals surface area (Å²) in [5.74, 6) is -0.578. The van der Waals surface area contributed by atoms with Crippen LogP contribution in [-0.2, 0) is 11.3 Å². The Labute approximate surface area is 195 Å². The molecule has 164 valence electrons. The summed E-state index contributed by atoms with van der Waals surface area (Å²) in [6.07, 6.45) is 1.77. The molecule has 1 aliphatic rings. The Hall–Kier alpha value is -3.64. The number of aromatic nitrogens is 1. The van der Waals surface area contributed by atoms with E-state index in [1.807, 2.05) is 66.9 Å². The highest BCUT2D eigenvalue weighted by Gasteiger charge is 2.35. The molecule has 2 heterocycles. The van der Waals surface area contributed by atoms with Crippen molar-refractivity contribution in [2.24, 2.45) is 0 Å². The first-order valence-corrected chi connectivity index (χ1v) is 11.4. The summed E-state index contributed by atoms with van der Waals surface area (Å²) in [7, 11) is 0. The topological polar surface area (TPSA) is 42.3 Å². The molecule has 6 heteroatoms. The number of thioether (sulfide) groups is 1. The highest BCUT2D eigenvalue weighted by atomic mass is 32.2. The smallest absolute Gasteiger partial charge is 0.293 e. The predicted molar refractivity (Wildman–Crippen MR) is 131 cm³/mol. The standard InChI is InChI=1S/C27H21FN2O2S/c1-17-13-22(18(2)30(17)24-11-9-23(28)10-12-24)15-25-26(31)29(27(32)33-25)16-19-7-8-20-5-3-4-6-21(20)14-19/h3-15H,16H2,1-2H3/b25-15-. The molecule has 1 fully saturated rings. The van der Waals surface area contributed by atoms with Crippen LogP contribution in [-0.4, -0.2) is 20.6 Å². The van der Waals surface area contributed by atoms with Gasteiger partial charge < -0.3 is 4.57 Å². The fourth-order valence-electron chi connectivity index (χ4n) is 4.22. The summed E-state index contributed by atoms with van der Waals surface area (Å²) < 4.78 is 15.3. The molecule has 5 rings (SSSR count). The van der Waals surface area contributed by atoms with Crippen molar-refractivity contribution in [2.75, 3.05) is 0 Å². The Morgan fingerprint density at radius 1 is 0.909 bits per heavy atom. The Bertz CT molecular complexity index is 1440. The quantitative estimate of drug-likeness (QED) is 0.324. The maximum atomic E-state index is 13.3. The molecule has 3 aromatic carbocycles. The van der Waals surface area contributed by atoms with E-state index in [2.05, 4.69) is 0 Å². The zero-order chi connectivity index (χ0) is 23.1. The van der Waals surface area contributed by atoms with Gasteiger partial charge in [-0.1, -0.05) is 36.4 Å². The lowest BCUT2D eigenvalue weighted by Crippen LogP contribution is -2.27. The van der Waals surface area contributed by atoms with Crippen LogP contribution in [0.2, 0.25) is 0 Å². The van der Waals surface area contributed by atoms with Crippen molar-refractivity contribution in [3.63, 3.8) is 0 Å². The number of hydrogen-bond donors (Lipinski definition) is 0. The summed E-state index contributed by atoms with van der Waals surface area (Å²) in [5, 5.41) is 1.92. The minimum atomic E-state index is -0.290. The molecule has 0 N–H and O–H groups in total.